The fraction of sp³-hybridized carbons (Fsp3) is 0.385. The van der Waals surface area contributed by atoms with Crippen LogP contribution in [0.2, 0.25) is 0 Å². The zero-order chi connectivity index (χ0) is 15.2. The van der Waals surface area contributed by atoms with E-state index in [4.69, 9.17) is 24.4 Å². The minimum Gasteiger partial charge on any atom is -0.324 e. The molecule has 0 aromatic carbocycles. The van der Waals surface area contributed by atoms with Crippen LogP contribution in [0.3, 0.4) is 0 Å². The van der Waals surface area contributed by atoms with E-state index in [1.807, 2.05) is 46.2 Å². The Labute approximate surface area is 143 Å². The molecule has 112 valence electrons. The lowest BCUT2D eigenvalue weighted by Crippen LogP contribution is -2.08. The highest BCUT2D eigenvalue weighted by atomic mass is 32.2. The fourth-order valence-electron chi connectivity index (χ4n) is 1.81. The smallest absolute Gasteiger partial charge is 0.200 e. The number of rotatable bonds is 6. The molecule has 2 aromatic rings. The second-order valence-electron chi connectivity index (χ2n) is 4.25. The van der Waals surface area contributed by atoms with E-state index in [0.717, 1.165) is 29.6 Å². The Morgan fingerprint density at radius 2 is 1.33 bits per heavy atom. The molecule has 0 saturated carbocycles. The van der Waals surface area contributed by atoms with Gasteiger partial charge in [0, 0.05) is 25.5 Å². The number of nitrogens with zero attached hydrogens (tertiary/aromatic N) is 4. The SMILES string of the molecule is CSc1ccn(CCCn2ccc(SC)nc2=S)c(=S)n1. The van der Waals surface area contributed by atoms with E-state index in [0.29, 0.717) is 9.54 Å². The zero-order valence-electron chi connectivity index (χ0n) is 11.9. The third-order valence-electron chi connectivity index (χ3n) is 2.91. The Bertz CT molecular complexity index is 661. The van der Waals surface area contributed by atoms with Gasteiger partial charge in [-0.3, -0.25) is 0 Å². The number of aryl methyl sites for hydroxylation is 2. The summed E-state index contributed by atoms with van der Waals surface area (Å²) in [4.78, 5) is 8.71. The van der Waals surface area contributed by atoms with Crippen LogP contribution >= 0.6 is 48.0 Å². The molecule has 21 heavy (non-hydrogen) atoms. The number of hydrogen-bond acceptors (Lipinski definition) is 6. The molecular weight excluding hydrogens is 340 g/mol. The van der Waals surface area contributed by atoms with Crippen LogP contribution in [0.25, 0.3) is 0 Å². The second kappa shape index (κ2) is 8.07. The molecule has 2 aromatic heterocycles. The molecule has 0 saturated heterocycles. The van der Waals surface area contributed by atoms with Gasteiger partial charge in [-0.1, -0.05) is 0 Å². The summed E-state index contributed by atoms with van der Waals surface area (Å²) in [5, 5.41) is 1.91. The van der Waals surface area contributed by atoms with Crippen molar-refractivity contribution < 1.29 is 0 Å². The lowest BCUT2D eigenvalue weighted by atomic mass is 10.4. The van der Waals surface area contributed by atoms with Crippen molar-refractivity contribution in [1.82, 2.24) is 19.1 Å². The van der Waals surface area contributed by atoms with Crippen LogP contribution in [0.15, 0.2) is 34.6 Å². The molecule has 0 bridgehead atoms. The van der Waals surface area contributed by atoms with Crippen molar-refractivity contribution in [3.05, 3.63) is 34.1 Å². The zero-order valence-corrected chi connectivity index (χ0v) is 15.1. The van der Waals surface area contributed by atoms with Gasteiger partial charge in [0.2, 0.25) is 9.54 Å². The molecule has 0 amide bonds. The van der Waals surface area contributed by atoms with Gasteiger partial charge in [-0.15, -0.1) is 23.5 Å². The Hall–Kier alpha value is -0.700. The van der Waals surface area contributed by atoms with Crippen molar-refractivity contribution in [2.75, 3.05) is 12.5 Å². The third kappa shape index (κ3) is 4.64. The van der Waals surface area contributed by atoms with Crippen molar-refractivity contribution in [1.29, 1.82) is 0 Å². The lowest BCUT2D eigenvalue weighted by Gasteiger charge is -2.09. The fourth-order valence-corrected chi connectivity index (χ4v) is 3.17. The van der Waals surface area contributed by atoms with Crippen LogP contribution in [0, 0.1) is 9.54 Å². The number of thioether (sulfide) groups is 2. The Kier molecular flexibility index (Phi) is 6.40. The Morgan fingerprint density at radius 1 is 0.905 bits per heavy atom. The minimum atomic E-state index is 0.626. The maximum atomic E-state index is 5.29. The molecule has 0 radical (unpaired) electrons. The molecule has 0 aliphatic heterocycles. The predicted octanol–water partition coefficient (Wildman–Crippen LogP) is 4.07. The maximum absolute atomic E-state index is 5.29. The molecule has 0 atom stereocenters. The first kappa shape index (κ1) is 16.7. The van der Waals surface area contributed by atoms with E-state index in [9.17, 15) is 0 Å². The van der Waals surface area contributed by atoms with Gasteiger partial charge < -0.3 is 9.13 Å². The van der Waals surface area contributed by atoms with Gasteiger partial charge in [0.15, 0.2) is 0 Å². The molecule has 2 rings (SSSR count). The summed E-state index contributed by atoms with van der Waals surface area (Å²) < 4.78 is 5.23. The molecule has 0 N–H and O–H groups in total. The highest BCUT2D eigenvalue weighted by molar-refractivity contribution is 7.98. The predicted molar refractivity (Wildman–Crippen MR) is 94.3 cm³/mol. The van der Waals surface area contributed by atoms with Crippen molar-refractivity contribution in [2.45, 2.75) is 29.6 Å². The summed E-state index contributed by atoms with van der Waals surface area (Å²) in [6.45, 7) is 1.65. The summed E-state index contributed by atoms with van der Waals surface area (Å²) >= 11 is 13.8. The van der Waals surface area contributed by atoms with Gasteiger partial charge in [0.1, 0.15) is 10.1 Å². The van der Waals surface area contributed by atoms with E-state index < -0.39 is 0 Å². The second-order valence-corrected chi connectivity index (χ2v) is 6.63. The van der Waals surface area contributed by atoms with Crippen molar-refractivity contribution >= 4 is 48.0 Å². The molecule has 2 heterocycles. The minimum absolute atomic E-state index is 0.626. The molecule has 0 unspecified atom stereocenters. The van der Waals surface area contributed by atoms with Gasteiger partial charge in [-0.05, 0) is 55.5 Å². The normalized spacial score (nSPS) is 10.8. The first-order valence-electron chi connectivity index (χ1n) is 6.37. The summed E-state index contributed by atoms with van der Waals surface area (Å²) in [7, 11) is 0. The maximum Gasteiger partial charge on any atom is 0.200 e. The van der Waals surface area contributed by atoms with E-state index in [2.05, 4.69) is 9.97 Å². The highest BCUT2D eigenvalue weighted by Gasteiger charge is 1.99. The Balaban J connectivity index is 1.98. The molecule has 8 heteroatoms. The van der Waals surface area contributed by atoms with E-state index in [1.54, 1.807) is 23.5 Å². The van der Waals surface area contributed by atoms with E-state index >= 15 is 0 Å². The van der Waals surface area contributed by atoms with Gasteiger partial charge >= 0.3 is 0 Å². The summed E-state index contributed by atoms with van der Waals surface area (Å²) in [5.41, 5.74) is 0. The molecule has 0 fully saturated rings. The average Bonchev–Trinajstić information content (AvgIpc) is 2.50. The molecular formula is C13H16N4S4. The van der Waals surface area contributed by atoms with Crippen LogP contribution in [0.4, 0.5) is 0 Å². The molecule has 4 nitrogen and oxygen atoms in total. The highest BCUT2D eigenvalue weighted by Crippen LogP contribution is 2.11. The number of hydrogen-bond donors (Lipinski definition) is 0. The third-order valence-corrected chi connectivity index (χ3v) is 4.86. The molecule has 0 aliphatic rings. The van der Waals surface area contributed by atoms with Gasteiger partial charge in [0.25, 0.3) is 0 Å². The standard InChI is InChI=1S/C13H16N4S4/c1-20-10-4-8-16(12(18)14-10)6-3-7-17-9-5-11(21-2)15-13(17)19/h4-5,8-9H,3,6-7H2,1-2H3. The summed E-state index contributed by atoms with van der Waals surface area (Å²) in [6, 6.07) is 3.97. The van der Waals surface area contributed by atoms with Crippen LogP contribution in [0.1, 0.15) is 6.42 Å². The van der Waals surface area contributed by atoms with E-state index in [-0.39, 0.29) is 0 Å². The Morgan fingerprint density at radius 3 is 1.67 bits per heavy atom. The largest absolute Gasteiger partial charge is 0.324 e. The van der Waals surface area contributed by atoms with Gasteiger partial charge in [0.05, 0.1) is 0 Å². The molecule has 0 aliphatic carbocycles. The van der Waals surface area contributed by atoms with Crippen LogP contribution < -0.4 is 0 Å². The summed E-state index contributed by atoms with van der Waals surface area (Å²) in [6.07, 6.45) is 8.91. The van der Waals surface area contributed by atoms with Gasteiger partial charge in [-0.2, -0.15) is 0 Å². The first-order valence-corrected chi connectivity index (χ1v) is 9.63. The van der Waals surface area contributed by atoms with Crippen molar-refractivity contribution in [3.8, 4) is 0 Å². The van der Waals surface area contributed by atoms with Crippen LogP contribution in [0.5, 0.6) is 0 Å². The monoisotopic (exact) mass is 356 g/mol. The molecule has 0 spiro atoms. The van der Waals surface area contributed by atoms with Gasteiger partial charge in [-0.25, -0.2) is 9.97 Å². The van der Waals surface area contributed by atoms with Crippen molar-refractivity contribution in [3.63, 3.8) is 0 Å². The van der Waals surface area contributed by atoms with E-state index in [1.165, 1.54) is 0 Å². The summed E-state index contributed by atoms with van der Waals surface area (Å²) in [5.74, 6) is 0. The van der Waals surface area contributed by atoms with Crippen LogP contribution in [-0.4, -0.2) is 31.6 Å². The lowest BCUT2D eigenvalue weighted by molar-refractivity contribution is 0.537. The average molecular weight is 357 g/mol. The first-order chi connectivity index (χ1) is 10.1. The van der Waals surface area contributed by atoms with Crippen molar-refractivity contribution in [2.24, 2.45) is 0 Å². The quantitative estimate of drug-likeness (QED) is 0.441. The van der Waals surface area contributed by atoms with Crippen LogP contribution in [-0.2, 0) is 13.1 Å². The number of aromatic nitrogens is 4. The topological polar surface area (TPSA) is 35.6 Å².